The highest BCUT2D eigenvalue weighted by atomic mass is 16.5. The second kappa shape index (κ2) is 3.89. The van der Waals surface area contributed by atoms with E-state index in [0.717, 1.165) is 5.56 Å². The van der Waals surface area contributed by atoms with Crippen molar-refractivity contribution in [3.8, 4) is 0 Å². The second-order valence-corrected chi connectivity index (χ2v) is 2.64. The van der Waals surface area contributed by atoms with Crippen LogP contribution in [0.3, 0.4) is 0 Å². The fraction of sp³-hybridized carbons (Fsp3) is 0.333. The Morgan fingerprint density at radius 2 is 2.15 bits per heavy atom. The number of esters is 1. The van der Waals surface area contributed by atoms with Crippen molar-refractivity contribution in [1.29, 1.82) is 0 Å². The van der Waals surface area contributed by atoms with E-state index in [-0.39, 0.29) is 12.2 Å². The van der Waals surface area contributed by atoms with E-state index in [1.165, 1.54) is 19.6 Å². The maximum Gasteiger partial charge on any atom is 0.313 e. The first-order chi connectivity index (χ1) is 6.15. The largest absolute Gasteiger partial charge is 0.472 e. The lowest BCUT2D eigenvalue weighted by Gasteiger charge is -1.96. The molecule has 0 radical (unpaired) electrons. The lowest BCUT2D eigenvalue weighted by molar-refractivity contribution is -0.139. The van der Waals surface area contributed by atoms with Crippen molar-refractivity contribution in [2.45, 2.75) is 13.3 Å². The molecular formula is C9H10O4. The predicted molar refractivity (Wildman–Crippen MR) is 44.4 cm³/mol. The molecule has 0 spiro atoms. The standard InChI is InChI=1S/C9H10O4/c1-6-4-13-5-7(6)8(10)3-9(11)12-2/h4-5H,3H2,1-2H3. The number of ketones is 1. The Labute approximate surface area is 75.5 Å². The topological polar surface area (TPSA) is 56.5 Å². The average molecular weight is 182 g/mol. The van der Waals surface area contributed by atoms with Crippen LogP contribution in [0.15, 0.2) is 16.9 Å². The predicted octanol–water partition coefficient (Wildman–Crippen LogP) is 1.33. The van der Waals surface area contributed by atoms with Crippen LogP contribution in [0.4, 0.5) is 0 Å². The first-order valence-corrected chi connectivity index (χ1v) is 3.78. The first-order valence-electron chi connectivity index (χ1n) is 3.78. The quantitative estimate of drug-likeness (QED) is 0.402. The first kappa shape index (κ1) is 9.51. The zero-order chi connectivity index (χ0) is 9.84. The number of carbonyl (C=O) groups excluding carboxylic acids is 2. The molecule has 0 aliphatic carbocycles. The Hall–Kier alpha value is -1.58. The molecular weight excluding hydrogens is 172 g/mol. The Bertz CT molecular complexity index is 324. The average Bonchev–Trinajstić information content (AvgIpc) is 2.51. The van der Waals surface area contributed by atoms with Crippen molar-refractivity contribution < 1.29 is 18.7 Å². The number of furan rings is 1. The van der Waals surface area contributed by atoms with E-state index in [4.69, 9.17) is 4.42 Å². The summed E-state index contributed by atoms with van der Waals surface area (Å²) in [5, 5.41) is 0. The third-order valence-electron chi connectivity index (χ3n) is 1.69. The van der Waals surface area contributed by atoms with E-state index in [1.54, 1.807) is 6.92 Å². The van der Waals surface area contributed by atoms with Crippen LogP contribution in [0.1, 0.15) is 22.3 Å². The fourth-order valence-electron chi connectivity index (χ4n) is 0.945. The summed E-state index contributed by atoms with van der Waals surface area (Å²) in [6.45, 7) is 1.74. The molecule has 1 aromatic heterocycles. The van der Waals surface area contributed by atoms with Gasteiger partial charge in [-0.1, -0.05) is 0 Å². The van der Waals surface area contributed by atoms with Crippen molar-refractivity contribution >= 4 is 11.8 Å². The van der Waals surface area contributed by atoms with Crippen LogP contribution in [0, 0.1) is 6.92 Å². The molecule has 0 aromatic carbocycles. The van der Waals surface area contributed by atoms with Crippen molar-refractivity contribution in [3.05, 3.63) is 23.7 Å². The number of Topliss-reactive ketones (excluding diaryl/α,β-unsaturated/α-hetero) is 1. The molecule has 0 saturated carbocycles. The van der Waals surface area contributed by atoms with Gasteiger partial charge in [-0.15, -0.1) is 0 Å². The summed E-state index contributed by atoms with van der Waals surface area (Å²) in [5.74, 6) is -0.816. The van der Waals surface area contributed by atoms with Gasteiger partial charge in [0.05, 0.1) is 18.9 Å². The van der Waals surface area contributed by atoms with E-state index in [9.17, 15) is 9.59 Å². The molecule has 1 heterocycles. The molecule has 4 heteroatoms. The minimum absolute atomic E-state index is 0.239. The van der Waals surface area contributed by atoms with Crippen molar-refractivity contribution in [3.63, 3.8) is 0 Å². The molecule has 0 aliphatic rings. The van der Waals surface area contributed by atoms with Gasteiger partial charge in [0.25, 0.3) is 0 Å². The van der Waals surface area contributed by atoms with Crippen molar-refractivity contribution in [2.75, 3.05) is 7.11 Å². The molecule has 0 unspecified atom stereocenters. The fourth-order valence-corrected chi connectivity index (χ4v) is 0.945. The Balaban J connectivity index is 2.69. The molecule has 0 amide bonds. The molecule has 0 saturated heterocycles. The minimum atomic E-state index is -0.536. The van der Waals surface area contributed by atoms with Crippen LogP contribution >= 0.6 is 0 Å². The number of hydrogen-bond acceptors (Lipinski definition) is 4. The molecule has 70 valence electrons. The van der Waals surface area contributed by atoms with E-state index in [2.05, 4.69) is 4.74 Å². The van der Waals surface area contributed by atoms with Gasteiger partial charge in [-0.25, -0.2) is 0 Å². The molecule has 0 N–H and O–H groups in total. The molecule has 0 atom stereocenters. The maximum atomic E-state index is 11.3. The highest BCUT2D eigenvalue weighted by Gasteiger charge is 2.15. The number of carbonyl (C=O) groups is 2. The van der Waals surface area contributed by atoms with Crippen LogP contribution in [0.25, 0.3) is 0 Å². The molecule has 1 aromatic rings. The molecule has 0 bridgehead atoms. The summed E-state index contributed by atoms with van der Waals surface area (Å²) in [7, 11) is 1.25. The van der Waals surface area contributed by atoms with Gasteiger partial charge >= 0.3 is 5.97 Å². The Morgan fingerprint density at radius 1 is 1.46 bits per heavy atom. The summed E-state index contributed by atoms with van der Waals surface area (Å²) in [6.07, 6.45) is 2.56. The zero-order valence-electron chi connectivity index (χ0n) is 7.49. The van der Waals surface area contributed by atoms with Crippen molar-refractivity contribution in [2.24, 2.45) is 0 Å². The van der Waals surface area contributed by atoms with Crippen LogP contribution in [0.5, 0.6) is 0 Å². The van der Waals surface area contributed by atoms with E-state index >= 15 is 0 Å². The van der Waals surface area contributed by atoms with Crippen LogP contribution < -0.4 is 0 Å². The summed E-state index contributed by atoms with van der Waals surface area (Å²) in [6, 6.07) is 0. The van der Waals surface area contributed by atoms with E-state index in [0.29, 0.717) is 5.56 Å². The third kappa shape index (κ3) is 2.18. The van der Waals surface area contributed by atoms with Gasteiger partial charge in [0.15, 0.2) is 5.78 Å². The number of hydrogen-bond donors (Lipinski definition) is 0. The van der Waals surface area contributed by atoms with Gasteiger partial charge in [-0.2, -0.15) is 0 Å². The highest BCUT2D eigenvalue weighted by molar-refractivity contribution is 6.06. The minimum Gasteiger partial charge on any atom is -0.472 e. The normalized spacial score (nSPS) is 9.69. The van der Waals surface area contributed by atoms with Crippen molar-refractivity contribution in [1.82, 2.24) is 0 Å². The molecule has 1 rings (SSSR count). The summed E-state index contributed by atoms with van der Waals surface area (Å²) < 4.78 is 9.18. The van der Waals surface area contributed by atoms with Gasteiger partial charge in [0.1, 0.15) is 12.7 Å². The molecule has 0 fully saturated rings. The smallest absolute Gasteiger partial charge is 0.313 e. The van der Waals surface area contributed by atoms with Gasteiger partial charge in [0.2, 0.25) is 0 Å². The molecule has 13 heavy (non-hydrogen) atoms. The number of aryl methyl sites for hydroxylation is 1. The van der Waals surface area contributed by atoms with Crippen LogP contribution in [-0.4, -0.2) is 18.9 Å². The maximum absolute atomic E-state index is 11.3. The molecule has 4 nitrogen and oxygen atoms in total. The summed E-state index contributed by atoms with van der Waals surface area (Å²) >= 11 is 0. The third-order valence-corrected chi connectivity index (χ3v) is 1.69. The van der Waals surface area contributed by atoms with Gasteiger partial charge in [0, 0.05) is 0 Å². The van der Waals surface area contributed by atoms with E-state index in [1.807, 2.05) is 0 Å². The number of ether oxygens (including phenoxy) is 1. The Kier molecular flexibility index (Phi) is 2.84. The van der Waals surface area contributed by atoms with Gasteiger partial charge in [-0.05, 0) is 12.5 Å². The number of rotatable bonds is 3. The SMILES string of the molecule is COC(=O)CC(=O)c1cocc1C. The summed E-state index contributed by atoms with van der Waals surface area (Å²) in [4.78, 5) is 22.1. The van der Waals surface area contributed by atoms with Gasteiger partial charge in [-0.3, -0.25) is 9.59 Å². The van der Waals surface area contributed by atoms with Crippen LogP contribution in [0.2, 0.25) is 0 Å². The lowest BCUT2D eigenvalue weighted by Crippen LogP contribution is -2.09. The second-order valence-electron chi connectivity index (χ2n) is 2.64. The zero-order valence-corrected chi connectivity index (χ0v) is 7.49. The lowest BCUT2D eigenvalue weighted by atomic mass is 10.1. The summed E-state index contributed by atoms with van der Waals surface area (Å²) in [5.41, 5.74) is 1.17. The van der Waals surface area contributed by atoms with E-state index < -0.39 is 5.97 Å². The van der Waals surface area contributed by atoms with Gasteiger partial charge < -0.3 is 9.15 Å². The Morgan fingerprint density at radius 3 is 2.62 bits per heavy atom. The molecule has 0 aliphatic heterocycles. The highest BCUT2D eigenvalue weighted by Crippen LogP contribution is 2.11. The van der Waals surface area contributed by atoms with Crippen LogP contribution in [-0.2, 0) is 9.53 Å². The number of methoxy groups -OCH3 is 1. The monoisotopic (exact) mass is 182 g/mol.